The van der Waals surface area contributed by atoms with Crippen LogP contribution in [0.25, 0.3) is 16.6 Å². The van der Waals surface area contributed by atoms with Gasteiger partial charge in [-0.25, -0.2) is 0 Å². The third kappa shape index (κ3) is 7.17. The highest BCUT2D eigenvalue weighted by molar-refractivity contribution is 5.86. The first kappa shape index (κ1) is 27.2. The van der Waals surface area contributed by atoms with Crippen molar-refractivity contribution in [1.82, 2.24) is 9.55 Å². The highest BCUT2D eigenvalue weighted by Crippen LogP contribution is 2.29. The summed E-state index contributed by atoms with van der Waals surface area (Å²) in [7, 11) is 0. The number of hydrogen-bond acceptors (Lipinski definition) is 4. The van der Waals surface area contributed by atoms with E-state index < -0.39 is 0 Å². The largest absolute Gasteiger partial charge is 0.494 e. The minimum Gasteiger partial charge on any atom is -0.494 e. The molecule has 0 N–H and O–H groups in total. The van der Waals surface area contributed by atoms with Crippen LogP contribution in [-0.4, -0.2) is 28.7 Å². The van der Waals surface area contributed by atoms with Crippen molar-refractivity contribution in [2.24, 2.45) is 0 Å². The molecule has 0 radical (unpaired) electrons. The van der Waals surface area contributed by atoms with Crippen LogP contribution in [0.1, 0.15) is 42.0 Å². The molecule has 204 valence electrons. The first-order valence-electron chi connectivity index (χ1n) is 14.1. The summed E-state index contributed by atoms with van der Waals surface area (Å²) >= 11 is 0. The molecule has 2 heterocycles. The lowest BCUT2D eigenvalue weighted by Gasteiger charge is -2.09. The molecule has 0 saturated carbocycles. The fourth-order valence-electron chi connectivity index (χ4n) is 5.03. The van der Waals surface area contributed by atoms with Crippen LogP contribution < -0.4 is 4.74 Å². The predicted octanol–water partition coefficient (Wildman–Crippen LogP) is 7.32. The molecule has 0 bridgehead atoms. The fraction of sp³-hybridized carbons (Fsp3) is 0.257. The van der Waals surface area contributed by atoms with Crippen LogP contribution in [0.2, 0.25) is 0 Å². The first-order valence-corrected chi connectivity index (χ1v) is 14.1. The van der Waals surface area contributed by atoms with Gasteiger partial charge in [0.2, 0.25) is 0 Å². The number of benzene rings is 3. The van der Waals surface area contributed by atoms with Gasteiger partial charge in [0.1, 0.15) is 5.75 Å². The Morgan fingerprint density at radius 1 is 0.825 bits per heavy atom. The van der Waals surface area contributed by atoms with Crippen molar-refractivity contribution in [2.45, 2.75) is 45.4 Å². The predicted molar refractivity (Wildman–Crippen MR) is 160 cm³/mol. The molecule has 5 nitrogen and oxygen atoms in total. The van der Waals surface area contributed by atoms with Gasteiger partial charge in [-0.15, -0.1) is 0 Å². The fourth-order valence-corrected chi connectivity index (χ4v) is 5.03. The molecule has 5 aromatic rings. The van der Waals surface area contributed by atoms with E-state index in [0.29, 0.717) is 26.1 Å². The van der Waals surface area contributed by atoms with Gasteiger partial charge in [0, 0.05) is 36.1 Å². The molecular formula is C35H36N2O3. The zero-order chi connectivity index (χ0) is 27.6. The summed E-state index contributed by atoms with van der Waals surface area (Å²) in [5.41, 5.74) is 7.26. The number of hydrogen-bond donors (Lipinski definition) is 0. The third-order valence-corrected chi connectivity index (χ3v) is 7.12. The lowest BCUT2D eigenvalue weighted by Crippen LogP contribution is -2.05. The summed E-state index contributed by atoms with van der Waals surface area (Å²) in [6.45, 7) is 2.92. The Morgan fingerprint density at radius 3 is 2.42 bits per heavy atom. The Kier molecular flexibility index (Phi) is 9.25. The Bertz CT molecular complexity index is 1510. The van der Waals surface area contributed by atoms with Crippen molar-refractivity contribution in [1.29, 1.82) is 0 Å². The second-order valence-corrected chi connectivity index (χ2v) is 9.97. The molecule has 0 spiro atoms. The molecule has 5 heteroatoms. The van der Waals surface area contributed by atoms with E-state index in [1.807, 2.05) is 31.3 Å². The topological polar surface area (TPSA) is 53.4 Å². The maximum absolute atomic E-state index is 11.9. The highest BCUT2D eigenvalue weighted by Gasteiger charge is 2.12. The van der Waals surface area contributed by atoms with Crippen molar-refractivity contribution in [2.75, 3.05) is 13.2 Å². The van der Waals surface area contributed by atoms with Gasteiger partial charge in [-0.1, -0.05) is 42.5 Å². The van der Waals surface area contributed by atoms with Crippen molar-refractivity contribution < 1.29 is 14.3 Å². The van der Waals surface area contributed by atoms with E-state index in [-0.39, 0.29) is 5.97 Å². The average Bonchev–Trinajstić information content (AvgIpc) is 3.36. The smallest absolute Gasteiger partial charge is 0.306 e. The van der Waals surface area contributed by atoms with E-state index >= 15 is 0 Å². The zero-order valence-electron chi connectivity index (χ0n) is 23.1. The van der Waals surface area contributed by atoms with Gasteiger partial charge in [0.05, 0.1) is 18.7 Å². The van der Waals surface area contributed by atoms with Crippen molar-refractivity contribution in [3.8, 4) is 11.4 Å². The van der Waals surface area contributed by atoms with E-state index in [0.717, 1.165) is 48.2 Å². The number of aryl methyl sites for hydroxylation is 4. The molecule has 0 atom stereocenters. The molecular weight excluding hydrogens is 496 g/mol. The Hall–Kier alpha value is -4.38. The van der Waals surface area contributed by atoms with E-state index in [2.05, 4.69) is 82.5 Å². The summed E-state index contributed by atoms with van der Waals surface area (Å²) in [4.78, 5) is 16.1. The molecule has 3 aromatic carbocycles. The van der Waals surface area contributed by atoms with Crippen molar-refractivity contribution >= 4 is 16.9 Å². The Balaban J connectivity index is 1.32. The quantitative estimate of drug-likeness (QED) is 0.118. The number of ether oxygens (including phenoxy) is 2. The van der Waals surface area contributed by atoms with Crippen LogP contribution >= 0.6 is 0 Å². The number of rotatable bonds is 13. The summed E-state index contributed by atoms with van der Waals surface area (Å²) in [5.74, 6) is 0.723. The highest BCUT2D eigenvalue weighted by atomic mass is 16.5. The molecule has 0 unspecified atom stereocenters. The maximum Gasteiger partial charge on any atom is 0.306 e. The van der Waals surface area contributed by atoms with Crippen LogP contribution in [0.4, 0.5) is 0 Å². The van der Waals surface area contributed by atoms with Gasteiger partial charge in [-0.05, 0) is 104 Å². The van der Waals surface area contributed by atoms with Gasteiger partial charge < -0.3 is 14.0 Å². The molecule has 2 aromatic heterocycles. The molecule has 0 aliphatic heterocycles. The van der Waals surface area contributed by atoms with E-state index in [4.69, 9.17) is 9.47 Å². The molecule has 40 heavy (non-hydrogen) atoms. The minimum absolute atomic E-state index is 0.149. The van der Waals surface area contributed by atoms with Gasteiger partial charge in [-0.2, -0.15) is 0 Å². The summed E-state index contributed by atoms with van der Waals surface area (Å²) < 4.78 is 13.4. The molecule has 5 rings (SSSR count). The average molecular weight is 533 g/mol. The van der Waals surface area contributed by atoms with Gasteiger partial charge in [-0.3, -0.25) is 9.78 Å². The first-order chi connectivity index (χ1) is 19.7. The number of pyridine rings is 1. The number of carbonyl (C=O) groups is 1. The molecule has 0 saturated heterocycles. The van der Waals surface area contributed by atoms with Crippen LogP contribution in [0.3, 0.4) is 0 Å². The Labute approximate surface area is 236 Å². The molecule has 0 aliphatic carbocycles. The lowest BCUT2D eigenvalue weighted by molar-refractivity contribution is -0.143. The van der Waals surface area contributed by atoms with E-state index in [1.54, 1.807) is 6.20 Å². The van der Waals surface area contributed by atoms with Gasteiger partial charge in [0.25, 0.3) is 0 Å². The van der Waals surface area contributed by atoms with Gasteiger partial charge >= 0.3 is 5.97 Å². The van der Waals surface area contributed by atoms with Crippen LogP contribution in [0.5, 0.6) is 5.75 Å². The SMILES string of the molecule is CCOC(=O)CCc1ccc2c(c1)c(CCc1ccccc1)cn2-c1ccc(OCCCc2cccnc2)cc1. The summed E-state index contributed by atoms with van der Waals surface area (Å²) in [6.07, 6.45) is 10.8. The minimum atomic E-state index is -0.149. The standard InChI is InChI=1S/C35H36N2O3/c1-2-39-35(38)21-14-28-13-20-34-33(24-28)30(15-12-27-8-4-3-5-9-27)26-37(34)31-16-18-32(19-17-31)40-23-7-11-29-10-6-22-36-25-29/h3-6,8-10,13,16-20,22,24-26H,2,7,11-12,14-15,21,23H2,1H3. The van der Waals surface area contributed by atoms with Crippen LogP contribution in [0.15, 0.2) is 104 Å². The van der Waals surface area contributed by atoms with Crippen molar-refractivity contribution in [3.05, 3.63) is 126 Å². The van der Waals surface area contributed by atoms with Crippen molar-refractivity contribution in [3.63, 3.8) is 0 Å². The lowest BCUT2D eigenvalue weighted by atomic mass is 10.0. The zero-order valence-corrected chi connectivity index (χ0v) is 23.1. The monoisotopic (exact) mass is 532 g/mol. The second kappa shape index (κ2) is 13.6. The van der Waals surface area contributed by atoms with Gasteiger partial charge in [0.15, 0.2) is 0 Å². The number of carbonyl (C=O) groups excluding carboxylic acids is 1. The van der Waals surface area contributed by atoms with Crippen LogP contribution in [-0.2, 0) is 35.2 Å². The number of fused-ring (bicyclic) bond motifs is 1. The van der Waals surface area contributed by atoms with E-state index in [9.17, 15) is 4.79 Å². The molecule has 0 aliphatic rings. The summed E-state index contributed by atoms with van der Waals surface area (Å²) in [5, 5.41) is 1.23. The Morgan fingerprint density at radius 2 is 1.65 bits per heavy atom. The number of nitrogens with zero attached hydrogens (tertiary/aromatic N) is 2. The second-order valence-electron chi connectivity index (χ2n) is 9.97. The maximum atomic E-state index is 11.9. The number of aromatic nitrogens is 2. The normalized spacial score (nSPS) is 11.0. The van der Waals surface area contributed by atoms with E-state index in [1.165, 1.54) is 22.1 Å². The number of esters is 1. The molecule has 0 fully saturated rings. The summed E-state index contributed by atoms with van der Waals surface area (Å²) in [6, 6.07) is 29.5. The third-order valence-electron chi connectivity index (χ3n) is 7.12. The van der Waals surface area contributed by atoms with Crippen LogP contribution in [0, 0.1) is 0 Å². The molecule has 0 amide bonds.